The molecule has 4 atom stereocenters. The molecule has 0 saturated carbocycles. The molecule has 0 aliphatic carbocycles. The van der Waals surface area contributed by atoms with E-state index in [0.29, 0.717) is 18.1 Å². The Bertz CT molecular complexity index is 282. The summed E-state index contributed by atoms with van der Waals surface area (Å²) in [6.07, 6.45) is 3.90. The fraction of sp³-hybridized carbons (Fsp3) is 1.00. The predicted molar refractivity (Wildman–Crippen MR) is 75.5 cm³/mol. The van der Waals surface area contributed by atoms with Crippen LogP contribution < -0.4 is 5.73 Å². The standard InChI is InChI=1S/C15H30N2O/c1-11(2)14-8-15(10-16,5-6-18-14)17-9-12(3)7-13(17)4/h11-14H,5-10,16H2,1-4H3. The molecule has 0 aromatic heterocycles. The normalized spacial score (nSPS) is 42.7. The minimum Gasteiger partial charge on any atom is -0.378 e. The fourth-order valence-electron chi connectivity index (χ4n) is 3.89. The molecule has 2 aliphatic heterocycles. The number of nitrogens with zero attached hydrogens (tertiary/aromatic N) is 1. The van der Waals surface area contributed by atoms with Crippen molar-refractivity contribution in [2.45, 2.75) is 64.6 Å². The summed E-state index contributed by atoms with van der Waals surface area (Å²) in [7, 11) is 0. The first kappa shape index (κ1) is 14.3. The van der Waals surface area contributed by atoms with Gasteiger partial charge in [0.15, 0.2) is 0 Å². The third kappa shape index (κ3) is 2.59. The molecule has 0 aromatic carbocycles. The van der Waals surface area contributed by atoms with Gasteiger partial charge in [0.2, 0.25) is 0 Å². The second-order valence-electron chi connectivity index (χ2n) is 6.88. The van der Waals surface area contributed by atoms with Crippen LogP contribution in [0.25, 0.3) is 0 Å². The Balaban J connectivity index is 2.14. The van der Waals surface area contributed by atoms with Crippen molar-refractivity contribution in [1.29, 1.82) is 0 Å². The van der Waals surface area contributed by atoms with Crippen molar-refractivity contribution in [2.75, 3.05) is 19.7 Å². The Morgan fingerprint density at radius 1 is 1.39 bits per heavy atom. The maximum absolute atomic E-state index is 6.19. The molecule has 2 N–H and O–H groups in total. The van der Waals surface area contributed by atoms with Gasteiger partial charge in [0.05, 0.1) is 6.10 Å². The molecule has 0 aromatic rings. The monoisotopic (exact) mass is 254 g/mol. The summed E-state index contributed by atoms with van der Waals surface area (Å²) in [6.45, 7) is 12.1. The van der Waals surface area contributed by atoms with E-state index in [1.54, 1.807) is 0 Å². The lowest BCUT2D eigenvalue weighted by atomic mass is 9.81. The summed E-state index contributed by atoms with van der Waals surface area (Å²) < 4.78 is 5.94. The smallest absolute Gasteiger partial charge is 0.0616 e. The zero-order valence-corrected chi connectivity index (χ0v) is 12.5. The first-order chi connectivity index (χ1) is 8.48. The molecule has 0 radical (unpaired) electrons. The second kappa shape index (κ2) is 5.48. The Hall–Kier alpha value is -0.120. The van der Waals surface area contributed by atoms with Gasteiger partial charge in [-0.1, -0.05) is 20.8 Å². The predicted octanol–water partition coefficient (Wildman–Crippen LogP) is 2.25. The molecule has 2 fully saturated rings. The van der Waals surface area contributed by atoms with E-state index < -0.39 is 0 Å². The first-order valence-electron chi connectivity index (χ1n) is 7.57. The largest absolute Gasteiger partial charge is 0.378 e. The van der Waals surface area contributed by atoms with Gasteiger partial charge < -0.3 is 10.5 Å². The summed E-state index contributed by atoms with van der Waals surface area (Å²) >= 11 is 0. The van der Waals surface area contributed by atoms with E-state index in [2.05, 4.69) is 32.6 Å². The molecule has 3 heteroatoms. The van der Waals surface area contributed by atoms with Gasteiger partial charge in [-0.2, -0.15) is 0 Å². The lowest BCUT2D eigenvalue weighted by Gasteiger charge is -2.49. The van der Waals surface area contributed by atoms with Gasteiger partial charge >= 0.3 is 0 Å². The van der Waals surface area contributed by atoms with Crippen molar-refractivity contribution < 1.29 is 4.74 Å². The van der Waals surface area contributed by atoms with Crippen LogP contribution in [-0.4, -0.2) is 42.3 Å². The molecule has 2 aliphatic rings. The molecule has 0 bridgehead atoms. The molecule has 2 heterocycles. The van der Waals surface area contributed by atoms with Gasteiger partial charge in [-0.05, 0) is 38.0 Å². The van der Waals surface area contributed by atoms with Crippen LogP contribution in [0.1, 0.15) is 47.0 Å². The van der Waals surface area contributed by atoms with Crippen LogP contribution in [0, 0.1) is 11.8 Å². The Morgan fingerprint density at radius 2 is 2.11 bits per heavy atom. The van der Waals surface area contributed by atoms with Gasteiger partial charge in [0, 0.05) is 31.3 Å². The molecule has 2 rings (SSSR count). The van der Waals surface area contributed by atoms with E-state index in [1.807, 2.05) is 0 Å². The van der Waals surface area contributed by atoms with Crippen molar-refractivity contribution in [3.63, 3.8) is 0 Å². The Morgan fingerprint density at radius 3 is 2.61 bits per heavy atom. The van der Waals surface area contributed by atoms with E-state index in [4.69, 9.17) is 10.5 Å². The highest BCUT2D eigenvalue weighted by Crippen LogP contribution is 2.38. The summed E-state index contributed by atoms with van der Waals surface area (Å²) in [4.78, 5) is 2.69. The summed E-state index contributed by atoms with van der Waals surface area (Å²) in [5.74, 6) is 1.40. The van der Waals surface area contributed by atoms with Crippen LogP contribution in [0.15, 0.2) is 0 Å². The topological polar surface area (TPSA) is 38.5 Å². The number of hydrogen-bond donors (Lipinski definition) is 1. The van der Waals surface area contributed by atoms with Gasteiger partial charge in [-0.25, -0.2) is 0 Å². The van der Waals surface area contributed by atoms with Gasteiger partial charge in [0.25, 0.3) is 0 Å². The summed E-state index contributed by atoms with van der Waals surface area (Å²) in [5, 5.41) is 0. The summed E-state index contributed by atoms with van der Waals surface area (Å²) in [6, 6.07) is 0.675. The molecule has 2 saturated heterocycles. The fourth-order valence-corrected chi connectivity index (χ4v) is 3.89. The van der Waals surface area contributed by atoms with E-state index >= 15 is 0 Å². The number of rotatable bonds is 3. The zero-order valence-electron chi connectivity index (χ0n) is 12.5. The Kier molecular flexibility index (Phi) is 4.35. The van der Waals surface area contributed by atoms with Crippen molar-refractivity contribution in [1.82, 2.24) is 4.90 Å². The lowest BCUT2D eigenvalue weighted by Crippen LogP contribution is -2.60. The van der Waals surface area contributed by atoms with Crippen molar-refractivity contribution in [2.24, 2.45) is 17.6 Å². The van der Waals surface area contributed by atoms with Crippen molar-refractivity contribution in [3.05, 3.63) is 0 Å². The van der Waals surface area contributed by atoms with Gasteiger partial charge in [-0.3, -0.25) is 4.90 Å². The van der Waals surface area contributed by atoms with E-state index in [0.717, 1.165) is 31.9 Å². The SMILES string of the molecule is CC1CC(C)N(C2(CN)CCOC(C(C)C)C2)C1. The number of hydrogen-bond acceptors (Lipinski definition) is 3. The molecule has 106 valence electrons. The zero-order chi connectivity index (χ0) is 13.3. The highest BCUT2D eigenvalue weighted by atomic mass is 16.5. The van der Waals surface area contributed by atoms with Crippen LogP contribution in [0.4, 0.5) is 0 Å². The van der Waals surface area contributed by atoms with Crippen molar-refractivity contribution in [3.8, 4) is 0 Å². The average Bonchev–Trinajstić information content (AvgIpc) is 2.69. The van der Waals surface area contributed by atoms with Crippen LogP contribution in [0.2, 0.25) is 0 Å². The van der Waals surface area contributed by atoms with Crippen LogP contribution in [-0.2, 0) is 4.74 Å². The molecule has 0 amide bonds. The molecular weight excluding hydrogens is 224 g/mol. The van der Waals surface area contributed by atoms with Gasteiger partial charge in [-0.15, -0.1) is 0 Å². The Labute approximate surface area is 112 Å². The summed E-state index contributed by atoms with van der Waals surface area (Å²) in [5.41, 5.74) is 6.38. The maximum Gasteiger partial charge on any atom is 0.0616 e. The minimum atomic E-state index is 0.192. The molecule has 18 heavy (non-hydrogen) atoms. The molecular formula is C15H30N2O. The third-order valence-corrected chi connectivity index (χ3v) is 5.00. The maximum atomic E-state index is 6.19. The van der Waals surface area contributed by atoms with Gasteiger partial charge in [0.1, 0.15) is 0 Å². The van der Waals surface area contributed by atoms with Crippen molar-refractivity contribution >= 4 is 0 Å². The van der Waals surface area contributed by atoms with Crippen LogP contribution >= 0.6 is 0 Å². The molecule has 3 nitrogen and oxygen atoms in total. The van der Waals surface area contributed by atoms with E-state index in [-0.39, 0.29) is 5.54 Å². The minimum absolute atomic E-state index is 0.192. The lowest BCUT2D eigenvalue weighted by molar-refractivity contribution is -0.0900. The quantitative estimate of drug-likeness (QED) is 0.839. The van der Waals surface area contributed by atoms with Crippen LogP contribution in [0.3, 0.4) is 0 Å². The molecule has 0 spiro atoms. The third-order valence-electron chi connectivity index (χ3n) is 5.00. The average molecular weight is 254 g/mol. The highest BCUT2D eigenvalue weighted by Gasteiger charge is 2.45. The number of likely N-dealkylation sites (tertiary alicyclic amines) is 1. The van der Waals surface area contributed by atoms with E-state index in [9.17, 15) is 0 Å². The van der Waals surface area contributed by atoms with E-state index in [1.165, 1.54) is 13.0 Å². The highest BCUT2D eigenvalue weighted by molar-refractivity contribution is 5.01. The first-order valence-corrected chi connectivity index (χ1v) is 7.57. The number of nitrogens with two attached hydrogens (primary N) is 1. The molecule has 4 unspecified atom stereocenters. The second-order valence-corrected chi connectivity index (χ2v) is 6.88. The van der Waals surface area contributed by atoms with Crippen LogP contribution in [0.5, 0.6) is 0 Å². The number of ether oxygens (including phenoxy) is 1.